The second-order valence-electron chi connectivity index (χ2n) is 4.99. The SMILES string of the molecule is CCOP(=O)(CNC(=O)[C@@H](N)C(C)(C)C)OCC. The van der Waals surface area contributed by atoms with E-state index in [0.717, 1.165) is 0 Å². The van der Waals surface area contributed by atoms with Crippen LogP contribution in [-0.2, 0) is 18.4 Å². The quantitative estimate of drug-likeness (QED) is 0.693. The Bertz CT molecular complexity index is 305. The Balaban J connectivity index is 4.45. The minimum Gasteiger partial charge on any atom is -0.343 e. The van der Waals surface area contributed by atoms with Crippen LogP contribution in [0.3, 0.4) is 0 Å². The molecule has 0 aliphatic heterocycles. The first-order chi connectivity index (χ1) is 8.16. The second-order valence-corrected chi connectivity index (χ2v) is 7.04. The van der Waals surface area contributed by atoms with Gasteiger partial charge >= 0.3 is 7.60 Å². The number of nitrogens with one attached hydrogen (secondary N) is 1. The minimum atomic E-state index is -3.25. The molecule has 1 atom stereocenters. The number of rotatable bonds is 7. The van der Waals surface area contributed by atoms with Gasteiger partial charge < -0.3 is 20.1 Å². The van der Waals surface area contributed by atoms with Gasteiger partial charge in [0, 0.05) is 0 Å². The van der Waals surface area contributed by atoms with Crippen LogP contribution in [0.15, 0.2) is 0 Å². The molecule has 0 aromatic carbocycles. The molecule has 0 bridgehead atoms. The van der Waals surface area contributed by atoms with Crippen molar-refractivity contribution in [2.24, 2.45) is 11.1 Å². The van der Waals surface area contributed by atoms with Crippen LogP contribution in [0.1, 0.15) is 34.6 Å². The summed E-state index contributed by atoms with van der Waals surface area (Å²) in [4.78, 5) is 11.8. The van der Waals surface area contributed by atoms with Crippen molar-refractivity contribution < 1.29 is 18.4 Å². The monoisotopic (exact) mass is 280 g/mol. The van der Waals surface area contributed by atoms with E-state index in [-0.39, 0.29) is 30.8 Å². The van der Waals surface area contributed by atoms with Crippen LogP contribution in [0.25, 0.3) is 0 Å². The van der Waals surface area contributed by atoms with E-state index in [0.29, 0.717) is 0 Å². The van der Waals surface area contributed by atoms with Gasteiger partial charge in [-0.05, 0) is 19.3 Å². The third-order valence-electron chi connectivity index (χ3n) is 2.31. The highest BCUT2D eigenvalue weighted by Crippen LogP contribution is 2.46. The molecule has 0 aliphatic rings. The lowest BCUT2D eigenvalue weighted by atomic mass is 9.87. The summed E-state index contributed by atoms with van der Waals surface area (Å²) in [7, 11) is -3.25. The van der Waals surface area contributed by atoms with Crippen LogP contribution in [0.4, 0.5) is 0 Å². The van der Waals surface area contributed by atoms with Crippen LogP contribution in [-0.4, -0.2) is 31.4 Å². The fraction of sp³-hybridized carbons (Fsp3) is 0.909. The molecule has 0 radical (unpaired) electrons. The molecule has 6 nitrogen and oxygen atoms in total. The first-order valence-corrected chi connectivity index (χ1v) is 7.80. The van der Waals surface area contributed by atoms with Crippen molar-refractivity contribution in [3.63, 3.8) is 0 Å². The summed E-state index contributed by atoms with van der Waals surface area (Å²) in [6.45, 7) is 9.55. The van der Waals surface area contributed by atoms with E-state index in [1.807, 2.05) is 20.8 Å². The standard InChI is InChI=1S/C11H25N2O4P/c1-6-16-18(15,17-7-2)8-13-10(14)9(12)11(3,4)5/h9H,6-8,12H2,1-5H3,(H,13,14)/t9-/m1/s1. The van der Waals surface area contributed by atoms with Gasteiger partial charge in [-0.2, -0.15) is 0 Å². The molecule has 0 rings (SSSR count). The average Bonchev–Trinajstić information content (AvgIpc) is 2.24. The summed E-state index contributed by atoms with van der Waals surface area (Å²) in [5.41, 5.74) is 5.43. The van der Waals surface area contributed by atoms with Gasteiger partial charge in [0.1, 0.15) is 6.29 Å². The molecule has 0 aliphatic carbocycles. The van der Waals surface area contributed by atoms with E-state index in [4.69, 9.17) is 14.8 Å². The van der Waals surface area contributed by atoms with Gasteiger partial charge in [-0.3, -0.25) is 9.36 Å². The van der Waals surface area contributed by atoms with E-state index in [2.05, 4.69) is 5.32 Å². The fourth-order valence-electron chi connectivity index (χ4n) is 1.20. The molecule has 0 aromatic rings. The van der Waals surface area contributed by atoms with Crippen LogP contribution in [0, 0.1) is 5.41 Å². The maximum absolute atomic E-state index is 12.1. The number of carbonyl (C=O) groups excluding carboxylic acids is 1. The van der Waals surface area contributed by atoms with E-state index in [9.17, 15) is 9.36 Å². The van der Waals surface area contributed by atoms with Crippen molar-refractivity contribution in [2.45, 2.75) is 40.7 Å². The minimum absolute atomic E-state index is 0.155. The van der Waals surface area contributed by atoms with E-state index >= 15 is 0 Å². The number of amides is 1. The maximum atomic E-state index is 12.1. The summed E-state index contributed by atoms with van der Waals surface area (Å²) < 4.78 is 22.2. The second kappa shape index (κ2) is 7.24. The summed E-state index contributed by atoms with van der Waals surface area (Å²) in [5.74, 6) is -0.359. The molecule has 108 valence electrons. The predicted octanol–water partition coefficient (Wildman–Crippen LogP) is 1.70. The topological polar surface area (TPSA) is 90.7 Å². The lowest BCUT2D eigenvalue weighted by Gasteiger charge is -2.26. The summed E-state index contributed by atoms with van der Waals surface area (Å²) in [5, 5.41) is 2.52. The molecule has 0 fully saturated rings. The van der Waals surface area contributed by atoms with Crippen molar-refractivity contribution in [2.75, 3.05) is 19.5 Å². The molecular weight excluding hydrogens is 255 g/mol. The number of hydrogen-bond donors (Lipinski definition) is 2. The predicted molar refractivity (Wildman–Crippen MR) is 71.3 cm³/mol. The zero-order valence-corrected chi connectivity index (χ0v) is 12.8. The van der Waals surface area contributed by atoms with E-state index in [1.54, 1.807) is 13.8 Å². The third-order valence-corrected chi connectivity index (χ3v) is 4.16. The Morgan fingerprint density at radius 3 is 2.06 bits per heavy atom. The largest absolute Gasteiger partial charge is 0.349 e. The van der Waals surface area contributed by atoms with Crippen LogP contribution in [0.2, 0.25) is 0 Å². The van der Waals surface area contributed by atoms with Crippen molar-refractivity contribution in [3.8, 4) is 0 Å². The fourth-order valence-corrected chi connectivity index (χ4v) is 2.59. The maximum Gasteiger partial charge on any atom is 0.349 e. The van der Waals surface area contributed by atoms with Gasteiger partial charge in [-0.1, -0.05) is 20.8 Å². The molecule has 0 saturated heterocycles. The molecule has 0 aromatic heterocycles. The van der Waals surface area contributed by atoms with E-state index < -0.39 is 13.6 Å². The number of hydrogen-bond acceptors (Lipinski definition) is 5. The Morgan fingerprint density at radius 2 is 1.72 bits per heavy atom. The highest BCUT2D eigenvalue weighted by atomic mass is 31.2. The van der Waals surface area contributed by atoms with Gasteiger partial charge in [0.15, 0.2) is 0 Å². The molecule has 7 heteroatoms. The number of nitrogens with two attached hydrogens (primary N) is 1. The Hall–Kier alpha value is -0.420. The van der Waals surface area contributed by atoms with Gasteiger partial charge in [0.2, 0.25) is 5.91 Å². The van der Waals surface area contributed by atoms with Crippen molar-refractivity contribution >= 4 is 13.5 Å². The van der Waals surface area contributed by atoms with Gasteiger partial charge in [0.25, 0.3) is 0 Å². The lowest BCUT2D eigenvalue weighted by molar-refractivity contribution is -0.124. The average molecular weight is 280 g/mol. The Morgan fingerprint density at radius 1 is 1.28 bits per heavy atom. The summed E-state index contributed by atoms with van der Waals surface area (Å²) in [6.07, 6.45) is -0.155. The molecule has 3 N–H and O–H groups in total. The molecule has 0 heterocycles. The van der Waals surface area contributed by atoms with Crippen LogP contribution in [0.5, 0.6) is 0 Å². The molecule has 1 amide bonds. The van der Waals surface area contributed by atoms with Crippen molar-refractivity contribution in [3.05, 3.63) is 0 Å². The van der Waals surface area contributed by atoms with Crippen molar-refractivity contribution in [1.82, 2.24) is 5.32 Å². The van der Waals surface area contributed by atoms with Gasteiger partial charge in [-0.15, -0.1) is 0 Å². The molecule has 18 heavy (non-hydrogen) atoms. The van der Waals surface area contributed by atoms with Gasteiger partial charge in [-0.25, -0.2) is 0 Å². The summed E-state index contributed by atoms with van der Waals surface area (Å²) in [6, 6.07) is -0.672. The smallest absolute Gasteiger partial charge is 0.343 e. The Kier molecular flexibility index (Phi) is 7.07. The molecule has 0 unspecified atom stereocenters. The summed E-state index contributed by atoms with van der Waals surface area (Å²) >= 11 is 0. The first-order valence-electron chi connectivity index (χ1n) is 6.07. The highest BCUT2D eigenvalue weighted by Gasteiger charge is 2.30. The van der Waals surface area contributed by atoms with E-state index in [1.165, 1.54) is 0 Å². The molecule has 0 saturated carbocycles. The normalized spacial score (nSPS) is 14.3. The zero-order chi connectivity index (χ0) is 14.4. The molecular formula is C11H25N2O4P. The number of carbonyl (C=O) groups is 1. The highest BCUT2D eigenvalue weighted by molar-refractivity contribution is 7.53. The van der Waals surface area contributed by atoms with Crippen LogP contribution < -0.4 is 11.1 Å². The zero-order valence-electron chi connectivity index (χ0n) is 11.9. The molecule has 0 spiro atoms. The van der Waals surface area contributed by atoms with Gasteiger partial charge in [0.05, 0.1) is 19.3 Å². The van der Waals surface area contributed by atoms with Crippen LogP contribution >= 0.6 is 7.60 Å². The van der Waals surface area contributed by atoms with Crippen molar-refractivity contribution in [1.29, 1.82) is 0 Å². The Labute approximate surface area is 109 Å². The first kappa shape index (κ1) is 17.6. The third kappa shape index (κ3) is 5.96. The lowest BCUT2D eigenvalue weighted by Crippen LogP contribution is -2.48.